The molecular weight excluding hydrogens is 441 g/mol. The standard InChI is InChI=1S/C24H20Cl3NO2/c25-16-10-19(26)23(20(27)11-16)15-8-17-18-12-28-7-6-21(18)30-24(17)22(9-15)29-13-14-4-2-1-3-5-14/h1-5,8-11,18,21,28H,6-7,12-13H2/t18-,21?/m0/s1. The molecule has 3 aromatic rings. The van der Waals surface area contributed by atoms with Gasteiger partial charge >= 0.3 is 0 Å². The van der Waals surface area contributed by atoms with Gasteiger partial charge in [-0.25, -0.2) is 0 Å². The van der Waals surface area contributed by atoms with Gasteiger partial charge in [0.2, 0.25) is 0 Å². The highest BCUT2D eigenvalue weighted by Crippen LogP contribution is 2.50. The Kier molecular flexibility index (Phi) is 5.55. The molecule has 2 aliphatic rings. The Morgan fingerprint density at radius 1 is 1.00 bits per heavy atom. The zero-order chi connectivity index (χ0) is 20.7. The van der Waals surface area contributed by atoms with Crippen LogP contribution in [0.15, 0.2) is 54.6 Å². The molecule has 0 aliphatic carbocycles. The first-order valence-corrected chi connectivity index (χ1v) is 11.1. The summed E-state index contributed by atoms with van der Waals surface area (Å²) >= 11 is 19.2. The first-order valence-electron chi connectivity index (χ1n) is 9.97. The number of halogens is 3. The zero-order valence-electron chi connectivity index (χ0n) is 16.1. The normalized spacial score (nSPS) is 19.7. The van der Waals surface area contributed by atoms with Gasteiger partial charge in [-0.2, -0.15) is 0 Å². The summed E-state index contributed by atoms with van der Waals surface area (Å²) in [7, 11) is 0. The molecule has 3 nitrogen and oxygen atoms in total. The number of rotatable bonds is 4. The first-order chi connectivity index (χ1) is 14.6. The Balaban J connectivity index is 1.59. The van der Waals surface area contributed by atoms with Gasteiger partial charge in [-0.3, -0.25) is 0 Å². The molecule has 1 fully saturated rings. The maximum absolute atomic E-state index is 6.53. The van der Waals surface area contributed by atoms with E-state index in [4.69, 9.17) is 44.3 Å². The van der Waals surface area contributed by atoms with Gasteiger partial charge in [0.15, 0.2) is 11.5 Å². The minimum Gasteiger partial charge on any atom is -0.485 e. The molecule has 2 atom stereocenters. The lowest BCUT2D eigenvalue weighted by atomic mass is 9.89. The summed E-state index contributed by atoms with van der Waals surface area (Å²) in [6.07, 6.45) is 1.13. The SMILES string of the molecule is Clc1cc(Cl)c(-c2cc(OCc3ccccc3)c3c(c2)[C@@H]2CNCCC2O3)c(Cl)c1. The second-order valence-corrected chi connectivity index (χ2v) is 8.92. The van der Waals surface area contributed by atoms with Crippen LogP contribution in [0.2, 0.25) is 15.1 Å². The van der Waals surface area contributed by atoms with Crippen molar-refractivity contribution in [3.8, 4) is 22.6 Å². The van der Waals surface area contributed by atoms with Gasteiger partial charge in [0.1, 0.15) is 12.7 Å². The van der Waals surface area contributed by atoms with Crippen LogP contribution in [0.5, 0.6) is 11.5 Å². The van der Waals surface area contributed by atoms with E-state index >= 15 is 0 Å². The summed E-state index contributed by atoms with van der Waals surface area (Å²) in [5.74, 6) is 1.81. The average molecular weight is 461 g/mol. The molecule has 0 aromatic heterocycles. The third-order valence-electron chi connectivity index (χ3n) is 5.70. The Hall–Kier alpha value is -1.91. The molecule has 2 aliphatic heterocycles. The Bertz CT molecular complexity index is 1060. The lowest BCUT2D eigenvalue weighted by Gasteiger charge is -2.24. The Labute approximate surface area is 190 Å². The van der Waals surface area contributed by atoms with Crippen molar-refractivity contribution < 1.29 is 9.47 Å². The number of piperidine rings is 1. The van der Waals surface area contributed by atoms with Gasteiger partial charge in [0, 0.05) is 28.6 Å². The van der Waals surface area contributed by atoms with E-state index in [0.29, 0.717) is 27.4 Å². The van der Waals surface area contributed by atoms with Crippen molar-refractivity contribution in [1.82, 2.24) is 5.32 Å². The minimum absolute atomic E-state index is 0.159. The lowest BCUT2D eigenvalue weighted by Crippen LogP contribution is -2.37. The molecule has 0 radical (unpaired) electrons. The van der Waals surface area contributed by atoms with E-state index in [1.54, 1.807) is 12.1 Å². The van der Waals surface area contributed by atoms with Gasteiger partial charge in [-0.15, -0.1) is 0 Å². The fourth-order valence-corrected chi connectivity index (χ4v) is 5.30. The quantitative estimate of drug-likeness (QED) is 0.468. The monoisotopic (exact) mass is 459 g/mol. The third kappa shape index (κ3) is 3.76. The van der Waals surface area contributed by atoms with Crippen LogP contribution in [-0.2, 0) is 6.61 Å². The van der Waals surface area contributed by atoms with Gasteiger partial charge in [0.05, 0.1) is 10.0 Å². The van der Waals surface area contributed by atoms with Crippen molar-refractivity contribution in [3.05, 3.63) is 80.8 Å². The van der Waals surface area contributed by atoms with E-state index in [9.17, 15) is 0 Å². The second-order valence-electron chi connectivity index (χ2n) is 7.67. The van der Waals surface area contributed by atoms with Crippen LogP contribution >= 0.6 is 34.8 Å². The largest absolute Gasteiger partial charge is 0.485 e. The second kappa shape index (κ2) is 8.32. The summed E-state index contributed by atoms with van der Waals surface area (Å²) in [4.78, 5) is 0. The van der Waals surface area contributed by atoms with Crippen LogP contribution in [0, 0.1) is 0 Å². The molecule has 2 heterocycles. The molecule has 1 unspecified atom stereocenters. The number of hydrogen-bond acceptors (Lipinski definition) is 3. The van der Waals surface area contributed by atoms with Gasteiger partial charge in [-0.1, -0.05) is 65.1 Å². The van der Waals surface area contributed by atoms with E-state index < -0.39 is 0 Å². The predicted molar refractivity (Wildman–Crippen MR) is 122 cm³/mol. The summed E-state index contributed by atoms with van der Waals surface area (Å²) in [5, 5.41) is 5.01. The van der Waals surface area contributed by atoms with Crippen molar-refractivity contribution in [2.24, 2.45) is 0 Å². The van der Waals surface area contributed by atoms with Gasteiger partial charge in [0.25, 0.3) is 0 Å². The molecule has 0 spiro atoms. The number of fused-ring (bicyclic) bond motifs is 3. The highest BCUT2D eigenvalue weighted by molar-refractivity contribution is 6.41. The molecule has 1 saturated heterocycles. The molecule has 0 saturated carbocycles. The Morgan fingerprint density at radius 3 is 2.53 bits per heavy atom. The van der Waals surface area contributed by atoms with Crippen LogP contribution in [0.25, 0.3) is 11.1 Å². The van der Waals surface area contributed by atoms with Crippen LogP contribution in [0.1, 0.15) is 23.5 Å². The van der Waals surface area contributed by atoms with E-state index in [2.05, 4.69) is 11.4 Å². The molecule has 154 valence electrons. The van der Waals surface area contributed by atoms with E-state index in [1.807, 2.05) is 36.4 Å². The first kappa shape index (κ1) is 20.0. The fourth-order valence-electron chi connectivity index (χ4n) is 4.27. The van der Waals surface area contributed by atoms with Gasteiger partial charge in [-0.05, 0) is 48.4 Å². The summed E-state index contributed by atoms with van der Waals surface area (Å²) in [6, 6.07) is 17.6. The van der Waals surface area contributed by atoms with E-state index in [-0.39, 0.29) is 12.0 Å². The number of ether oxygens (including phenoxy) is 2. The summed E-state index contributed by atoms with van der Waals surface area (Å²) < 4.78 is 12.6. The third-order valence-corrected chi connectivity index (χ3v) is 6.52. The summed E-state index contributed by atoms with van der Waals surface area (Å²) in [6.45, 7) is 2.29. The van der Waals surface area contributed by atoms with Crippen molar-refractivity contribution >= 4 is 34.8 Å². The molecule has 6 heteroatoms. The molecule has 0 bridgehead atoms. The van der Waals surface area contributed by atoms with Crippen LogP contribution in [0.3, 0.4) is 0 Å². The highest BCUT2D eigenvalue weighted by Gasteiger charge is 2.38. The number of hydrogen-bond donors (Lipinski definition) is 1. The topological polar surface area (TPSA) is 30.5 Å². The fraction of sp³-hybridized carbons (Fsp3) is 0.250. The van der Waals surface area contributed by atoms with Crippen LogP contribution in [0.4, 0.5) is 0 Å². The smallest absolute Gasteiger partial charge is 0.165 e. The predicted octanol–water partition coefficient (Wildman–Crippen LogP) is 6.73. The van der Waals surface area contributed by atoms with Crippen molar-refractivity contribution in [3.63, 3.8) is 0 Å². The van der Waals surface area contributed by atoms with Crippen molar-refractivity contribution in [1.29, 1.82) is 0 Å². The highest BCUT2D eigenvalue weighted by atomic mass is 35.5. The number of nitrogens with one attached hydrogen (secondary N) is 1. The van der Waals surface area contributed by atoms with Crippen LogP contribution < -0.4 is 14.8 Å². The zero-order valence-corrected chi connectivity index (χ0v) is 18.4. The molecule has 30 heavy (non-hydrogen) atoms. The lowest BCUT2D eigenvalue weighted by molar-refractivity contribution is 0.165. The van der Waals surface area contributed by atoms with Gasteiger partial charge < -0.3 is 14.8 Å². The van der Waals surface area contributed by atoms with Crippen LogP contribution in [-0.4, -0.2) is 19.2 Å². The molecule has 1 N–H and O–H groups in total. The minimum atomic E-state index is 0.159. The summed E-state index contributed by atoms with van der Waals surface area (Å²) in [5.41, 5.74) is 3.88. The number of benzene rings is 3. The van der Waals surface area contributed by atoms with Crippen molar-refractivity contribution in [2.75, 3.05) is 13.1 Å². The Morgan fingerprint density at radius 2 is 1.77 bits per heavy atom. The van der Waals surface area contributed by atoms with E-state index in [0.717, 1.165) is 47.5 Å². The maximum Gasteiger partial charge on any atom is 0.165 e. The molecular formula is C24H20Cl3NO2. The van der Waals surface area contributed by atoms with E-state index in [1.165, 1.54) is 0 Å². The average Bonchev–Trinajstić information content (AvgIpc) is 3.11. The molecule has 3 aromatic carbocycles. The molecule has 0 amide bonds. The molecule has 5 rings (SSSR count). The maximum atomic E-state index is 6.53. The van der Waals surface area contributed by atoms with Crippen molar-refractivity contribution in [2.45, 2.75) is 25.0 Å².